The number of carbonyl (C=O) groups is 1. The van der Waals surface area contributed by atoms with E-state index in [0.29, 0.717) is 17.8 Å². The van der Waals surface area contributed by atoms with E-state index in [1.807, 2.05) is 11.8 Å². The van der Waals surface area contributed by atoms with Crippen molar-refractivity contribution >= 4 is 17.7 Å². The van der Waals surface area contributed by atoms with E-state index < -0.39 is 0 Å². The zero-order valence-electron chi connectivity index (χ0n) is 16.0. The molecule has 0 N–H and O–H groups in total. The number of carbonyl (C=O) groups excluding carboxylic acids is 1. The fourth-order valence-corrected chi connectivity index (χ4v) is 4.18. The van der Waals surface area contributed by atoms with Gasteiger partial charge in [-0.2, -0.15) is 0 Å². The van der Waals surface area contributed by atoms with Crippen molar-refractivity contribution in [1.82, 2.24) is 0 Å². The lowest BCUT2D eigenvalue weighted by Crippen LogP contribution is -2.22. The molecule has 0 amide bonds. The van der Waals surface area contributed by atoms with Crippen molar-refractivity contribution < 1.29 is 9.53 Å². The smallest absolute Gasteiger partial charge is 0.337 e. The minimum atomic E-state index is -0.332. The molecule has 1 aliphatic rings. The molecule has 2 nitrogen and oxygen atoms in total. The molecule has 3 heteroatoms. The Morgan fingerprint density at radius 2 is 2.15 bits per heavy atom. The Labute approximate surface area is 161 Å². The average molecular weight is 367 g/mol. The maximum atomic E-state index is 11.8. The summed E-state index contributed by atoms with van der Waals surface area (Å²) in [6.45, 7) is 12.5. The van der Waals surface area contributed by atoms with Gasteiger partial charge in [0.25, 0.3) is 0 Å². The fraction of sp³-hybridized carbons (Fsp3) is 0.348. The van der Waals surface area contributed by atoms with Gasteiger partial charge in [0.05, 0.1) is 12.2 Å². The normalized spacial score (nSPS) is 15.8. The Hall–Kier alpha value is -2.18. The van der Waals surface area contributed by atoms with Gasteiger partial charge in [-0.25, -0.2) is 4.79 Å². The second-order valence-corrected chi connectivity index (χ2v) is 7.90. The van der Waals surface area contributed by atoms with E-state index in [2.05, 4.69) is 50.5 Å². The zero-order valence-corrected chi connectivity index (χ0v) is 16.8. The summed E-state index contributed by atoms with van der Waals surface area (Å²) in [6.07, 6.45) is 6.34. The quantitative estimate of drug-likeness (QED) is 0.307. The molecule has 0 aromatic heterocycles. The molecule has 1 aromatic rings. The SMILES string of the molecule is C=C(C#Cc1ccc2c(c1)C(C)(C)CCS2)/C=C\C(=C/C)C(=O)OCC. The molecule has 1 heterocycles. The van der Waals surface area contributed by atoms with Crippen molar-refractivity contribution in [2.24, 2.45) is 0 Å². The molecule has 1 aromatic carbocycles. The molecular weight excluding hydrogens is 340 g/mol. The maximum absolute atomic E-state index is 11.8. The van der Waals surface area contributed by atoms with Gasteiger partial charge in [-0.05, 0) is 67.4 Å². The maximum Gasteiger partial charge on any atom is 0.337 e. The molecular formula is C23H26O2S. The van der Waals surface area contributed by atoms with Crippen molar-refractivity contribution in [1.29, 1.82) is 0 Å². The molecule has 0 spiro atoms. The highest BCUT2D eigenvalue weighted by atomic mass is 32.2. The second-order valence-electron chi connectivity index (χ2n) is 6.77. The Morgan fingerprint density at radius 3 is 2.85 bits per heavy atom. The monoisotopic (exact) mass is 366 g/mol. The van der Waals surface area contributed by atoms with Gasteiger partial charge >= 0.3 is 5.97 Å². The van der Waals surface area contributed by atoms with Gasteiger partial charge in [0.1, 0.15) is 0 Å². The Balaban J connectivity index is 2.13. The summed E-state index contributed by atoms with van der Waals surface area (Å²) in [6, 6.07) is 6.43. The number of fused-ring (bicyclic) bond motifs is 1. The van der Waals surface area contributed by atoms with Crippen molar-refractivity contribution in [2.45, 2.75) is 44.4 Å². The molecule has 0 aliphatic carbocycles. The third-order valence-corrected chi connectivity index (χ3v) is 5.42. The molecule has 26 heavy (non-hydrogen) atoms. The standard InChI is InChI=1S/C23H26O2S/c1-6-19(22(24)25-7-2)12-9-17(3)8-10-18-11-13-21-20(16-18)23(4,5)14-15-26-21/h6,9,11-13,16H,3,7,14-15H2,1-2,4-5H3/b12-9-,19-6+. The Morgan fingerprint density at radius 1 is 1.38 bits per heavy atom. The van der Waals surface area contributed by atoms with Gasteiger partial charge in [-0.3, -0.25) is 0 Å². The summed E-state index contributed by atoms with van der Waals surface area (Å²) >= 11 is 1.92. The molecule has 0 saturated carbocycles. The molecule has 0 radical (unpaired) electrons. The number of benzene rings is 1. The van der Waals surface area contributed by atoms with Crippen molar-refractivity contribution in [3.63, 3.8) is 0 Å². The highest BCUT2D eigenvalue weighted by Crippen LogP contribution is 2.41. The predicted octanol–water partition coefficient (Wildman–Crippen LogP) is 5.43. The Kier molecular flexibility index (Phi) is 6.94. The van der Waals surface area contributed by atoms with Crippen LogP contribution in [-0.2, 0) is 14.9 Å². The van der Waals surface area contributed by atoms with Crippen LogP contribution in [-0.4, -0.2) is 18.3 Å². The summed E-state index contributed by atoms with van der Waals surface area (Å²) < 4.78 is 5.00. The largest absolute Gasteiger partial charge is 0.462 e. The summed E-state index contributed by atoms with van der Waals surface area (Å²) in [4.78, 5) is 13.1. The molecule has 0 bridgehead atoms. The third kappa shape index (κ3) is 5.16. The number of rotatable bonds is 4. The van der Waals surface area contributed by atoms with Crippen LogP contribution in [0.3, 0.4) is 0 Å². The van der Waals surface area contributed by atoms with Crippen LogP contribution < -0.4 is 0 Å². The number of ether oxygens (including phenoxy) is 1. The van der Waals surface area contributed by atoms with E-state index in [1.165, 1.54) is 22.6 Å². The number of esters is 1. The molecule has 0 saturated heterocycles. The molecule has 1 aliphatic heterocycles. The predicted molar refractivity (Wildman–Crippen MR) is 110 cm³/mol. The fourth-order valence-electron chi connectivity index (χ4n) is 2.69. The van der Waals surface area contributed by atoms with Crippen molar-refractivity contribution in [2.75, 3.05) is 12.4 Å². The number of hydrogen-bond acceptors (Lipinski definition) is 3. The van der Waals surface area contributed by atoms with E-state index in [-0.39, 0.29) is 11.4 Å². The van der Waals surface area contributed by atoms with Crippen molar-refractivity contribution in [3.05, 3.63) is 65.3 Å². The lowest BCUT2D eigenvalue weighted by Gasteiger charge is -2.32. The minimum Gasteiger partial charge on any atom is -0.462 e. The van der Waals surface area contributed by atoms with Crippen LogP contribution >= 0.6 is 11.8 Å². The first kappa shape index (κ1) is 20.1. The van der Waals surface area contributed by atoms with E-state index in [0.717, 1.165) is 5.56 Å². The van der Waals surface area contributed by atoms with Gasteiger partial charge < -0.3 is 4.74 Å². The first-order valence-electron chi connectivity index (χ1n) is 8.87. The first-order valence-corrected chi connectivity index (χ1v) is 9.85. The van der Waals surface area contributed by atoms with Crippen LogP contribution in [0.4, 0.5) is 0 Å². The van der Waals surface area contributed by atoms with Crippen molar-refractivity contribution in [3.8, 4) is 11.8 Å². The number of thioether (sulfide) groups is 1. The first-order chi connectivity index (χ1) is 12.4. The number of hydrogen-bond donors (Lipinski definition) is 0. The average Bonchev–Trinajstić information content (AvgIpc) is 2.61. The molecule has 0 atom stereocenters. The lowest BCUT2D eigenvalue weighted by molar-refractivity contribution is -0.138. The van der Waals surface area contributed by atoms with Crippen LogP contribution in [0.1, 0.15) is 45.2 Å². The molecule has 0 unspecified atom stereocenters. The molecule has 0 fully saturated rings. The summed E-state index contributed by atoms with van der Waals surface area (Å²) in [7, 11) is 0. The van der Waals surface area contributed by atoms with Crippen LogP contribution in [0.25, 0.3) is 0 Å². The van der Waals surface area contributed by atoms with E-state index >= 15 is 0 Å². The summed E-state index contributed by atoms with van der Waals surface area (Å²) in [5.41, 5.74) is 3.71. The van der Waals surface area contributed by atoms with E-state index in [9.17, 15) is 4.79 Å². The second kappa shape index (κ2) is 8.96. The third-order valence-electron chi connectivity index (χ3n) is 4.35. The van der Waals surface area contributed by atoms with Gasteiger partial charge in [0, 0.05) is 16.0 Å². The topological polar surface area (TPSA) is 26.3 Å². The van der Waals surface area contributed by atoms with E-state index in [4.69, 9.17) is 4.74 Å². The van der Waals surface area contributed by atoms with Crippen LogP contribution in [0.2, 0.25) is 0 Å². The van der Waals surface area contributed by atoms with Crippen LogP contribution in [0, 0.1) is 11.8 Å². The summed E-state index contributed by atoms with van der Waals surface area (Å²) in [5, 5.41) is 0. The van der Waals surface area contributed by atoms with Gasteiger partial charge in [-0.1, -0.05) is 38.3 Å². The Bertz CT molecular complexity index is 816. The lowest BCUT2D eigenvalue weighted by atomic mass is 9.81. The number of allylic oxidation sites excluding steroid dienone is 3. The van der Waals surface area contributed by atoms with Crippen LogP contribution in [0.15, 0.2) is 59.0 Å². The summed E-state index contributed by atoms with van der Waals surface area (Å²) in [5.74, 6) is 7.08. The zero-order chi connectivity index (χ0) is 19.2. The highest BCUT2D eigenvalue weighted by molar-refractivity contribution is 7.99. The van der Waals surface area contributed by atoms with Gasteiger partial charge in [-0.15, -0.1) is 11.8 Å². The van der Waals surface area contributed by atoms with E-state index in [1.54, 1.807) is 32.1 Å². The van der Waals surface area contributed by atoms with Crippen LogP contribution in [0.5, 0.6) is 0 Å². The highest BCUT2D eigenvalue weighted by Gasteiger charge is 2.27. The minimum absolute atomic E-state index is 0.190. The molecule has 2 rings (SSSR count). The van der Waals surface area contributed by atoms with Gasteiger partial charge in [0.2, 0.25) is 0 Å². The van der Waals surface area contributed by atoms with Gasteiger partial charge in [0.15, 0.2) is 0 Å². The molecule has 136 valence electrons.